The Balaban J connectivity index is 0.000000616. The molecule has 0 unspecified atom stereocenters. The van der Waals surface area contributed by atoms with E-state index < -0.39 is 18.1 Å². The number of rotatable bonds is 9. The van der Waals surface area contributed by atoms with E-state index >= 15 is 0 Å². The summed E-state index contributed by atoms with van der Waals surface area (Å²) in [5.74, 6) is -1.52. The summed E-state index contributed by atoms with van der Waals surface area (Å²) in [4.78, 5) is 26.8. The summed E-state index contributed by atoms with van der Waals surface area (Å²) in [6.07, 6.45) is -1.07. The number of halogens is 4. The van der Waals surface area contributed by atoms with E-state index in [-0.39, 0.29) is 12.6 Å². The molecule has 2 N–H and O–H groups in total. The Bertz CT molecular complexity index is 1370. The molecule has 3 aromatic rings. The Morgan fingerprint density at radius 2 is 1.83 bits per heavy atom. The maximum atomic E-state index is 11.0. The average molecular weight is 628 g/mol. The molecule has 0 spiro atoms. The number of carbonyl (C=O) groups is 2. The molecular weight excluding hydrogens is 595 g/mol. The second-order valence-corrected chi connectivity index (χ2v) is 11.3. The number of ether oxygens (including phenoxy) is 1. The van der Waals surface area contributed by atoms with Crippen LogP contribution in [0.25, 0.3) is 22.0 Å². The molecule has 228 valence electrons. The van der Waals surface area contributed by atoms with E-state index in [4.69, 9.17) is 40.7 Å². The number of aromatic nitrogens is 2. The maximum absolute atomic E-state index is 11.0. The first-order valence-corrected chi connectivity index (χ1v) is 14.6. The number of aliphatic carboxylic acids is 2. The van der Waals surface area contributed by atoms with E-state index in [0.717, 1.165) is 60.7 Å². The molecule has 0 bridgehead atoms. The predicted molar refractivity (Wildman–Crippen MR) is 155 cm³/mol. The Hall–Kier alpha value is -3.22. The summed E-state index contributed by atoms with van der Waals surface area (Å²) < 4.78 is 42.2. The molecule has 0 atom stereocenters. The molecule has 8 nitrogen and oxygen atoms in total. The van der Waals surface area contributed by atoms with Gasteiger partial charge in [-0.05, 0) is 99.4 Å². The number of hydrogen-bond acceptors (Lipinski definition) is 7. The largest absolute Gasteiger partial charge is 0.490 e. The number of piperidine rings is 1. The molecule has 0 aliphatic carbocycles. The van der Waals surface area contributed by atoms with Crippen LogP contribution in [0.5, 0.6) is 5.75 Å². The van der Waals surface area contributed by atoms with Crippen molar-refractivity contribution >= 4 is 35.1 Å². The number of likely N-dealkylation sites (tertiary alicyclic amines) is 1. The first-order valence-electron chi connectivity index (χ1n) is 13.4. The second kappa shape index (κ2) is 14.8. The van der Waals surface area contributed by atoms with Crippen LogP contribution in [0.1, 0.15) is 44.7 Å². The van der Waals surface area contributed by atoms with Crippen LogP contribution in [0, 0.1) is 5.92 Å². The average Bonchev–Trinajstić information content (AvgIpc) is 3.40. The number of hydrogen-bond donors (Lipinski definition) is 2. The van der Waals surface area contributed by atoms with Crippen LogP contribution < -0.4 is 4.74 Å². The van der Waals surface area contributed by atoms with Gasteiger partial charge in [-0.3, -0.25) is 9.69 Å². The van der Waals surface area contributed by atoms with E-state index in [1.54, 1.807) is 0 Å². The van der Waals surface area contributed by atoms with Gasteiger partial charge in [0.15, 0.2) is 5.82 Å². The lowest BCUT2D eigenvalue weighted by Gasteiger charge is -2.31. The van der Waals surface area contributed by atoms with E-state index in [0.29, 0.717) is 16.7 Å². The Morgan fingerprint density at radius 1 is 1.17 bits per heavy atom. The van der Waals surface area contributed by atoms with Crippen molar-refractivity contribution in [3.05, 3.63) is 52.5 Å². The van der Waals surface area contributed by atoms with Gasteiger partial charge >= 0.3 is 18.1 Å². The van der Waals surface area contributed by atoms with Crippen molar-refractivity contribution in [3.8, 4) is 27.7 Å². The molecule has 1 aliphatic rings. The molecule has 42 heavy (non-hydrogen) atoms. The molecular formula is C29H33ClF3N3O5S. The highest BCUT2D eigenvalue weighted by Gasteiger charge is 2.38. The Morgan fingerprint density at radius 3 is 2.38 bits per heavy atom. The number of benzene rings is 2. The molecule has 13 heteroatoms. The zero-order valence-electron chi connectivity index (χ0n) is 23.4. The fourth-order valence-corrected chi connectivity index (χ4v) is 5.63. The zero-order chi connectivity index (χ0) is 31.0. The third-order valence-electron chi connectivity index (χ3n) is 6.65. The quantitative estimate of drug-likeness (QED) is 0.265. The highest BCUT2D eigenvalue weighted by atomic mass is 35.5. The van der Waals surface area contributed by atoms with Gasteiger partial charge in [-0.1, -0.05) is 36.7 Å². The van der Waals surface area contributed by atoms with Crippen LogP contribution in [0.15, 0.2) is 36.4 Å². The third kappa shape index (κ3) is 9.40. The van der Waals surface area contributed by atoms with Gasteiger partial charge in [-0.15, -0.1) is 0 Å². The lowest BCUT2D eigenvalue weighted by molar-refractivity contribution is -0.192. The summed E-state index contributed by atoms with van der Waals surface area (Å²) in [5, 5.41) is 17.6. The summed E-state index contributed by atoms with van der Waals surface area (Å²) in [6, 6.07) is 12.2. The van der Waals surface area contributed by atoms with Gasteiger partial charge in [0.05, 0.1) is 17.7 Å². The van der Waals surface area contributed by atoms with E-state index in [1.807, 2.05) is 36.9 Å². The van der Waals surface area contributed by atoms with Gasteiger partial charge in [0.2, 0.25) is 0 Å². The molecule has 1 aromatic heterocycles. The van der Waals surface area contributed by atoms with Crippen LogP contribution in [0.4, 0.5) is 13.2 Å². The van der Waals surface area contributed by atoms with Crippen molar-refractivity contribution in [1.82, 2.24) is 14.3 Å². The SMILES string of the molecule is CCc1c(CC2CCN(CC(=O)O)CC2)cccc1-c1nsc(-c2ccc(OC(C)C)c(Cl)c2)n1.O=C(O)C(F)(F)F. The minimum absolute atomic E-state index is 0.0588. The van der Waals surface area contributed by atoms with Gasteiger partial charge < -0.3 is 14.9 Å². The summed E-state index contributed by atoms with van der Waals surface area (Å²) >= 11 is 7.82. The van der Waals surface area contributed by atoms with Crippen molar-refractivity contribution in [2.75, 3.05) is 19.6 Å². The first kappa shape index (κ1) is 33.3. The summed E-state index contributed by atoms with van der Waals surface area (Å²) in [5.41, 5.74) is 4.65. The van der Waals surface area contributed by atoms with Crippen LogP contribution in [-0.2, 0) is 22.4 Å². The smallest absolute Gasteiger partial charge is 0.489 e. The van der Waals surface area contributed by atoms with Crippen molar-refractivity contribution < 1.29 is 37.7 Å². The molecule has 1 saturated heterocycles. The van der Waals surface area contributed by atoms with Gasteiger partial charge in [-0.25, -0.2) is 9.78 Å². The fraction of sp³-hybridized carbons (Fsp3) is 0.448. The number of alkyl halides is 3. The molecule has 1 fully saturated rings. The van der Waals surface area contributed by atoms with Crippen LogP contribution >= 0.6 is 23.1 Å². The highest BCUT2D eigenvalue weighted by Crippen LogP contribution is 2.35. The minimum atomic E-state index is -5.08. The van der Waals surface area contributed by atoms with E-state index in [9.17, 15) is 18.0 Å². The summed E-state index contributed by atoms with van der Waals surface area (Å²) in [7, 11) is 0. The van der Waals surface area contributed by atoms with Gasteiger partial charge in [-0.2, -0.15) is 17.5 Å². The third-order valence-corrected chi connectivity index (χ3v) is 7.71. The van der Waals surface area contributed by atoms with E-state index in [2.05, 4.69) is 25.1 Å². The van der Waals surface area contributed by atoms with Crippen molar-refractivity contribution in [2.45, 2.75) is 58.7 Å². The van der Waals surface area contributed by atoms with Crippen molar-refractivity contribution in [2.24, 2.45) is 5.92 Å². The highest BCUT2D eigenvalue weighted by molar-refractivity contribution is 7.09. The first-order chi connectivity index (χ1) is 19.8. The Kier molecular flexibility index (Phi) is 11.7. The molecule has 0 amide bonds. The second-order valence-electron chi connectivity index (χ2n) is 10.2. The zero-order valence-corrected chi connectivity index (χ0v) is 25.0. The lowest BCUT2D eigenvalue weighted by Crippen LogP contribution is -2.37. The fourth-order valence-electron chi connectivity index (χ4n) is 4.74. The molecule has 4 rings (SSSR count). The topological polar surface area (TPSA) is 113 Å². The van der Waals surface area contributed by atoms with E-state index in [1.165, 1.54) is 22.7 Å². The Labute approximate surface area is 251 Å². The van der Waals surface area contributed by atoms with Gasteiger partial charge in [0.1, 0.15) is 10.8 Å². The number of carboxylic acid groups (broad SMARTS) is 2. The van der Waals surface area contributed by atoms with Gasteiger partial charge in [0, 0.05) is 11.1 Å². The molecule has 2 aromatic carbocycles. The molecule has 0 radical (unpaired) electrons. The number of carboxylic acids is 2. The standard InChI is InChI=1S/C27H32ClN3O3S.C2HF3O2/c1-4-21-19(14-18-10-12-31(13-11-18)16-25(32)33)6-5-7-22(21)26-29-27(35-30-26)20-8-9-24(23(28)15-20)34-17(2)3;3-2(4,5)1(6)7/h5-9,15,17-18H,4,10-14,16H2,1-3H3,(H,32,33);(H,6,7). The summed E-state index contributed by atoms with van der Waals surface area (Å²) in [6.45, 7) is 7.96. The molecule has 1 aliphatic heterocycles. The molecule has 2 heterocycles. The minimum Gasteiger partial charge on any atom is -0.489 e. The number of nitrogens with zero attached hydrogens (tertiary/aromatic N) is 3. The lowest BCUT2D eigenvalue weighted by atomic mass is 9.86. The van der Waals surface area contributed by atoms with Crippen molar-refractivity contribution in [3.63, 3.8) is 0 Å². The predicted octanol–water partition coefficient (Wildman–Crippen LogP) is 6.85. The van der Waals surface area contributed by atoms with Crippen molar-refractivity contribution in [1.29, 1.82) is 0 Å². The molecule has 0 saturated carbocycles. The van der Waals surface area contributed by atoms with Gasteiger partial charge in [0.25, 0.3) is 0 Å². The monoisotopic (exact) mass is 627 g/mol. The maximum Gasteiger partial charge on any atom is 0.490 e. The normalized spacial score (nSPS) is 14.4. The van der Waals surface area contributed by atoms with Crippen LogP contribution in [0.3, 0.4) is 0 Å². The van der Waals surface area contributed by atoms with Crippen LogP contribution in [-0.4, -0.2) is 68.3 Å². The van der Waals surface area contributed by atoms with Crippen LogP contribution in [0.2, 0.25) is 5.02 Å².